The summed E-state index contributed by atoms with van der Waals surface area (Å²) in [5.74, 6) is -0.433. The molecule has 1 heterocycles. The number of rotatable bonds is 3. The van der Waals surface area contributed by atoms with Gasteiger partial charge in [-0.2, -0.15) is 0 Å². The van der Waals surface area contributed by atoms with Crippen LogP contribution in [0.5, 0.6) is 0 Å². The van der Waals surface area contributed by atoms with Gasteiger partial charge in [0.15, 0.2) is 0 Å². The van der Waals surface area contributed by atoms with Gasteiger partial charge in [0.25, 0.3) is 0 Å². The Morgan fingerprint density at radius 1 is 1.54 bits per heavy atom. The van der Waals surface area contributed by atoms with Crippen LogP contribution in [-0.2, 0) is 4.79 Å². The number of aromatic nitrogens is 2. The zero-order valence-electron chi connectivity index (χ0n) is 7.40. The van der Waals surface area contributed by atoms with E-state index >= 15 is 0 Å². The first-order valence-electron chi connectivity index (χ1n) is 3.92. The summed E-state index contributed by atoms with van der Waals surface area (Å²) in [5.41, 5.74) is 12.1. The second-order valence-corrected chi connectivity index (χ2v) is 2.80. The first-order valence-corrected chi connectivity index (χ1v) is 3.92. The molecule has 70 valence electrons. The van der Waals surface area contributed by atoms with E-state index in [1.807, 2.05) is 0 Å². The van der Waals surface area contributed by atoms with E-state index in [0.29, 0.717) is 5.69 Å². The molecule has 1 unspecified atom stereocenters. The molecular formula is C8H12N4O. The van der Waals surface area contributed by atoms with Crippen LogP contribution < -0.4 is 11.5 Å². The molecule has 13 heavy (non-hydrogen) atoms. The third-order valence-corrected chi connectivity index (χ3v) is 1.69. The van der Waals surface area contributed by atoms with Crippen molar-refractivity contribution in [3.8, 4) is 0 Å². The zero-order valence-corrected chi connectivity index (χ0v) is 7.40. The molecule has 1 aromatic rings. The molecule has 0 aliphatic rings. The number of hydrogen-bond donors (Lipinski definition) is 2. The van der Waals surface area contributed by atoms with Crippen LogP contribution in [0.25, 0.3) is 0 Å². The van der Waals surface area contributed by atoms with E-state index in [0.717, 1.165) is 5.69 Å². The van der Waals surface area contributed by atoms with Crippen molar-refractivity contribution in [2.24, 2.45) is 11.5 Å². The lowest BCUT2D eigenvalue weighted by Gasteiger charge is -2.09. The molecule has 0 radical (unpaired) electrons. The summed E-state index contributed by atoms with van der Waals surface area (Å²) in [6.07, 6.45) is 3.22. The summed E-state index contributed by atoms with van der Waals surface area (Å²) in [6.45, 7) is 1.79. The van der Waals surface area contributed by atoms with Crippen LogP contribution in [0.2, 0.25) is 0 Å². The fourth-order valence-electron chi connectivity index (χ4n) is 1.10. The standard InChI is InChI=1S/C8H12N4O/c1-5-8(12-3-2-11-5)6(9)4-7(10)13/h2-3,6H,4,9H2,1H3,(H2,10,13). The number of nitrogens with two attached hydrogens (primary N) is 2. The molecule has 0 saturated carbocycles. The molecule has 1 amide bonds. The van der Waals surface area contributed by atoms with Crippen molar-refractivity contribution in [2.45, 2.75) is 19.4 Å². The highest BCUT2D eigenvalue weighted by Crippen LogP contribution is 2.12. The summed E-state index contributed by atoms with van der Waals surface area (Å²) in [5, 5.41) is 0. The first kappa shape index (κ1) is 9.60. The number of carbonyl (C=O) groups excluding carboxylic acids is 1. The van der Waals surface area contributed by atoms with Crippen LogP contribution in [0, 0.1) is 6.92 Å². The van der Waals surface area contributed by atoms with Crippen LogP contribution in [0.1, 0.15) is 23.9 Å². The summed E-state index contributed by atoms with van der Waals surface area (Å²) in [4.78, 5) is 18.6. The predicted octanol–water partition coefficient (Wildman–Crippen LogP) is -0.340. The quantitative estimate of drug-likeness (QED) is 0.665. The molecule has 5 heteroatoms. The molecule has 0 aliphatic heterocycles. The van der Waals surface area contributed by atoms with Crippen molar-refractivity contribution >= 4 is 5.91 Å². The second kappa shape index (κ2) is 3.95. The van der Waals surface area contributed by atoms with Gasteiger partial charge in [-0.05, 0) is 6.92 Å². The third kappa shape index (κ3) is 2.48. The summed E-state index contributed by atoms with van der Waals surface area (Å²) < 4.78 is 0. The van der Waals surface area contributed by atoms with Crippen molar-refractivity contribution in [1.82, 2.24) is 9.97 Å². The van der Waals surface area contributed by atoms with Crippen LogP contribution in [0.15, 0.2) is 12.4 Å². The fraction of sp³-hybridized carbons (Fsp3) is 0.375. The Bertz CT molecular complexity index is 313. The summed E-state index contributed by atoms with van der Waals surface area (Å²) >= 11 is 0. The number of amides is 1. The van der Waals surface area contributed by atoms with E-state index in [4.69, 9.17) is 11.5 Å². The number of hydrogen-bond acceptors (Lipinski definition) is 4. The highest BCUT2D eigenvalue weighted by Gasteiger charge is 2.12. The lowest BCUT2D eigenvalue weighted by atomic mass is 10.1. The predicted molar refractivity (Wildman–Crippen MR) is 47.5 cm³/mol. The van der Waals surface area contributed by atoms with Crippen molar-refractivity contribution in [1.29, 1.82) is 0 Å². The fourth-order valence-corrected chi connectivity index (χ4v) is 1.10. The number of nitrogens with zero attached hydrogens (tertiary/aromatic N) is 2. The van der Waals surface area contributed by atoms with Gasteiger partial charge in [-0.15, -0.1) is 0 Å². The van der Waals surface area contributed by atoms with Gasteiger partial charge in [0, 0.05) is 18.8 Å². The Morgan fingerprint density at radius 3 is 2.69 bits per heavy atom. The van der Waals surface area contributed by atoms with E-state index in [2.05, 4.69) is 9.97 Å². The minimum atomic E-state index is -0.453. The molecular weight excluding hydrogens is 168 g/mol. The molecule has 0 aliphatic carbocycles. The highest BCUT2D eigenvalue weighted by molar-refractivity contribution is 5.74. The second-order valence-electron chi connectivity index (χ2n) is 2.80. The van der Waals surface area contributed by atoms with E-state index < -0.39 is 11.9 Å². The van der Waals surface area contributed by atoms with Crippen LogP contribution >= 0.6 is 0 Å². The third-order valence-electron chi connectivity index (χ3n) is 1.69. The number of carbonyl (C=O) groups is 1. The van der Waals surface area contributed by atoms with Gasteiger partial charge >= 0.3 is 0 Å². The zero-order chi connectivity index (χ0) is 9.84. The molecule has 4 N–H and O–H groups in total. The van der Waals surface area contributed by atoms with Crippen molar-refractivity contribution in [2.75, 3.05) is 0 Å². The molecule has 0 spiro atoms. The molecule has 1 rings (SSSR count). The minimum absolute atomic E-state index is 0.0968. The van der Waals surface area contributed by atoms with E-state index in [-0.39, 0.29) is 6.42 Å². The molecule has 1 aromatic heterocycles. The molecule has 1 atom stereocenters. The maximum atomic E-state index is 10.6. The monoisotopic (exact) mass is 180 g/mol. The molecule has 0 fully saturated rings. The van der Waals surface area contributed by atoms with Crippen molar-refractivity contribution in [3.05, 3.63) is 23.8 Å². The summed E-state index contributed by atoms with van der Waals surface area (Å²) in [7, 11) is 0. The minimum Gasteiger partial charge on any atom is -0.370 e. The average molecular weight is 180 g/mol. The normalized spacial score (nSPS) is 12.5. The number of primary amides is 1. The van der Waals surface area contributed by atoms with E-state index in [9.17, 15) is 4.79 Å². The lowest BCUT2D eigenvalue weighted by Crippen LogP contribution is -2.22. The van der Waals surface area contributed by atoms with Gasteiger partial charge < -0.3 is 11.5 Å². The molecule has 0 bridgehead atoms. The van der Waals surface area contributed by atoms with Gasteiger partial charge in [-0.1, -0.05) is 0 Å². The number of aryl methyl sites for hydroxylation is 1. The average Bonchev–Trinajstić information content (AvgIpc) is 2.03. The molecule has 0 saturated heterocycles. The SMILES string of the molecule is Cc1nccnc1C(N)CC(N)=O. The van der Waals surface area contributed by atoms with Crippen LogP contribution in [0.3, 0.4) is 0 Å². The largest absolute Gasteiger partial charge is 0.370 e. The van der Waals surface area contributed by atoms with Crippen molar-refractivity contribution in [3.63, 3.8) is 0 Å². The highest BCUT2D eigenvalue weighted by atomic mass is 16.1. The van der Waals surface area contributed by atoms with Gasteiger partial charge in [-0.25, -0.2) is 0 Å². The molecule has 0 aromatic carbocycles. The summed E-state index contributed by atoms with van der Waals surface area (Å²) in [6, 6.07) is -0.453. The Morgan fingerprint density at radius 2 is 2.15 bits per heavy atom. The lowest BCUT2D eigenvalue weighted by molar-refractivity contribution is -0.118. The topological polar surface area (TPSA) is 94.9 Å². The Hall–Kier alpha value is -1.49. The van der Waals surface area contributed by atoms with Gasteiger partial charge in [0.2, 0.25) is 5.91 Å². The Balaban J connectivity index is 2.82. The van der Waals surface area contributed by atoms with Crippen molar-refractivity contribution < 1.29 is 4.79 Å². The Labute approximate surface area is 76.2 Å². The first-order chi connectivity index (χ1) is 6.11. The van der Waals surface area contributed by atoms with E-state index in [1.165, 1.54) is 0 Å². The van der Waals surface area contributed by atoms with Crippen LogP contribution in [0.4, 0.5) is 0 Å². The maximum Gasteiger partial charge on any atom is 0.219 e. The van der Waals surface area contributed by atoms with Gasteiger partial charge in [0.1, 0.15) is 0 Å². The van der Waals surface area contributed by atoms with Gasteiger partial charge in [-0.3, -0.25) is 14.8 Å². The van der Waals surface area contributed by atoms with Crippen LogP contribution in [-0.4, -0.2) is 15.9 Å². The smallest absolute Gasteiger partial charge is 0.219 e. The molecule has 5 nitrogen and oxygen atoms in total. The maximum absolute atomic E-state index is 10.6. The van der Waals surface area contributed by atoms with E-state index in [1.54, 1.807) is 19.3 Å². The van der Waals surface area contributed by atoms with Gasteiger partial charge in [0.05, 0.1) is 17.4 Å². The Kier molecular flexibility index (Phi) is 2.92.